The number of fused-ring (bicyclic) bond motifs is 1. The van der Waals surface area contributed by atoms with E-state index in [0.29, 0.717) is 10.8 Å². The predicted molar refractivity (Wildman–Crippen MR) is 121 cm³/mol. The highest BCUT2D eigenvalue weighted by Gasteiger charge is 2.48. The van der Waals surface area contributed by atoms with Gasteiger partial charge in [0.1, 0.15) is 11.1 Å². The fourth-order valence-corrected chi connectivity index (χ4v) is 5.10. The van der Waals surface area contributed by atoms with E-state index in [1.165, 1.54) is 16.2 Å². The molecule has 0 aliphatic carbocycles. The highest BCUT2D eigenvalue weighted by Crippen LogP contribution is 2.47. The molecule has 3 aromatic heterocycles. The third-order valence-corrected chi connectivity index (χ3v) is 7.02. The van der Waals surface area contributed by atoms with Crippen LogP contribution in [0.25, 0.3) is 22.2 Å². The highest BCUT2D eigenvalue weighted by molar-refractivity contribution is 7.10. The molecule has 4 heterocycles. The van der Waals surface area contributed by atoms with Gasteiger partial charge in [-0.05, 0) is 48.9 Å². The van der Waals surface area contributed by atoms with Crippen LogP contribution in [0, 0.1) is 0 Å². The zero-order valence-electron chi connectivity index (χ0n) is 16.7. The first-order valence-corrected chi connectivity index (χ1v) is 10.8. The van der Waals surface area contributed by atoms with Crippen molar-refractivity contribution in [1.82, 2.24) is 15.1 Å². The van der Waals surface area contributed by atoms with E-state index in [4.69, 9.17) is 26.7 Å². The molecule has 0 unspecified atom stereocenters. The maximum absolute atomic E-state index is 13.4. The number of nitrogens with two attached hydrogens (primary N) is 1. The largest absolute Gasteiger partial charge is 0.464 e. The second-order valence-electron chi connectivity index (χ2n) is 7.61. The SMILES string of the molecule is CN1C(=O)[C@@H](c2ccc3occc3c2)[C@@](C)(c2cc(-c3ccc(Cl)nn3)cs2)N=C1N. The van der Waals surface area contributed by atoms with E-state index in [2.05, 4.69) is 10.2 Å². The number of halogens is 1. The number of carbonyl (C=O) groups is 1. The summed E-state index contributed by atoms with van der Waals surface area (Å²) in [5, 5.41) is 11.3. The van der Waals surface area contributed by atoms with E-state index in [1.807, 2.05) is 48.7 Å². The van der Waals surface area contributed by atoms with E-state index < -0.39 is 11.5 Å². The van der Waals surface area contributed by atoms with Crippen LogP contribution in [0.15, 0.2) is 63.5 Å². The average Bonchev–Trinajstić information content (AvgIpc) is 3.42. The fraction of sp³-hybridized carbons (Fsp3) is 0.182. The van der Waals surface area contributed by atoms with Crippen LogP contribution in [-0.4, -0.2) is 34.0 Å². The molecule has 31 heavy (non-hydrogen) atoms. The summed E-state index contributed by atoms with van der Waals surface area (Å²) in [4.78, 5) is 20.5. The van der Waals surface area contributed by atoms with Gasteiger partial charge in [-0.3, -0.25) is 9.69 Å². The molecular formula is C22H18ClN5O2S. The Hall–Kier alpha value is -3.23. The van der Waals surface area contributed by atoms with Gasteiger partial charge in [0.05, 0.1) is 17.9 Å². The lowest BCUT2D eigenvalue weighted by Crippen LogP contribution is -2.52. The zero-order chi connectivity index (χ0) is 21.8. The van der Waals surface area contributed by atoms with Crippen LogP contribution in [0.1, 0.15) is 23.3 Å². The molecule has 0 spiro atoms. The van der Waals surface area contributed by atoms with Gasteiger partial charge in [0.15, 0.2) is 11.1 Å². The quantitative estimate of drug-likeness (QED) is 0.498. The van der Waals surface area contributed by atoms with Gasteiger partial charge in [0, 0.05) is 28.3 Å². The topological polar surface area (TPSA) is 97.6 Å². The Morgan fingerprint density at radius 1 is 1.19 bits per heavy atom. The maximum Gasteiger partial charge on any atom is 0.239 e. The molecule has 1 aliphatic rings. The van der Waals surface area contributed by atoms with Crippen LogP contribution in [0.3, 0.4) is 0 Å². The van der Waals surface area contributed by atoms with E-state index in [9.17, 15) is 4.79 Å². The summed E-state index contributed by atoms with van der Waals surface area (Å²) in [6.45, 7) is 1.94. The first-order valence-electron chi connectivity index (χ1n) is 9.55. The van der Waals surface area contributed by atoms with Crippen molar-refractivity contribution in [1.29, 1.82) is 0 Å². The molecular weight excluding hydrogens is 434 g/mol. The number of furan rings is 1. The minimum absolute atomic E-state index is 0.112. The van der Waals surface area contributed by atoms with Gasteiger partial charge >= 0.3 is 0 Å². The second-order valence-corrected chi connectivity index (χ2v) is 8.91. The molecule has 5 rings (SSSR count). The number of amides is 1. The number of rotatable bonds is 3. The van der Waals surface area contributed by atoms with Crippen molar-refractivity contribution >= 4 is 45.8 Å². The number of benzene rings is 1. The van der Waals surface area contributed by atoms with Crippen LogP contribution < -0.4 is 5.73 Å². The summed E-state index contributed by atoms with van der Waals surface area (Å²) >= 11 is 7.37. The molecule has 4 aromatic rings. The standard InChI is InChI=1S/C22H18ClN5O2S/c1-22(17-10-14(11-31-17)15-4-6-18(23)27-26-15)19(20(29)28(2)21(24)25-22)13-3-5-16-12(9-13)7-8-30-16/h3-11,19H,1-2H3,(H2,24,25)/t19-,22-/m1/s1. The van der Waals surface area contributed by atoms with Gasteiger partial charge in [-0.15, -0.1) is 21.5 Å². The van der Waals surface area contributed by atoms with Crippen LogP contribution in [0.5, 0.6) is 0 Å². The number of carbonyl (C=O) groups excluding carboxylic acids is 1. The van der Waals surface area contributed by atoms with Crippen LogP contribution in [-0.2, 0) is 10.3 Å². The minimum Gasteiger partial charge on any atom is -0.464 e. The molecule has 0 saturated carbocycles. The summed E-state index contributed by atoms with van der Waals surface area (Å²) in [5.41, 5.74) is 8.46. The van der Waals surface area contributed by atoms with Crippen LogP contribution in [0.2, 0.25) is 5.15 Å². The lowest BCUT2D eigenvalue weighted by atomic mass is 9.77. The number of hydrogen-bond donors (Lipinski definition) is 1. The molecule has 7 nitrogen and oxygen atoms in total. The van der Waals surface area contributed by atoms with Gasteiger partial charge in [-0.2, -0.15) is 0 Å². The minimum atomic E-state index is -0.881. The summed E-state index contributed by atoms with van der Waals surface area (Å²) in [7, 11) is 1.65. The lowest BCUT2D eigenvalue weighted by Gasteiger charge is -2.40. The molecule has 156 valence electrons. The van der Waals surface area contributed by atoms with Gasteiger partial charge in [0.25, 0.3) is 0 Å². The van der Waals surface area contributed by atoms with Crippen molar-refractivity contribution in [3.8, 4) is 11.3 Å². The summed E-state index contributed by atoms with van der Waals surface area (Å²) < 4.78 is 5.46. The Morgan fingerprint density at radius 3 is 2.81 bits per heavy atom. The molecule has 1 aliphatic heterocycles. The van der Waals surface area contributed by atoms with Crippen LogP contribution in [0.4, 0.5) is 0 Å². The molecule has 2 atom stereocenters. The third kappa shape index (κ3) is 3.19. The van der Waals surface area contributed by atoms with E-state index in [1.54, 1.807) is 19.4 Å². The monoisotopic (exact) mass is 451 g/mol. The normalized spacial score (nSPS) is 21.5. The van der Waals surface area contributed by atoms with Crippen molar-refractivity contribution in [2.45, 2.75) is 18.4 Å². The first-order chi connectivity index (χ1) is 14.9. The van der Waals surface area contributed by atoms with E-state index >= 15 is 0 Å². The molecule has 2 N–H and O–H groups in total. The zero-order valence-corrected chi connectivity index (χ0v) is 18.3. The molecule has 1 aromatic carbocycles. The summed E-state index contributed by atoms with van der Waals surface area (Å²) in [5.74, 6) is -0.472. The van der Waals surface area contributed by atoms with Crippen LogP contribution >= 0.6 is 22.9 Å². The first kappa shape index (κ1) is 19.7. The van der Waals surface area contributed by atoms with Crippen molar-refractivity contribution in [3.05, 3.63) is 69.7 Å². The van der Waals surface area contributed by atoms with Crippen molar-refractivity contribution in [3.63, 3.8) is 0 Å². The van der Waals surface area contributed by atoms with E-state index in [0.717, 1.165) is 27.0 Å². The average molecular weight is 452 g/mol. The Morgan fingerprint density at radius 2 is 2.03 bits per heavy atom. The van der Waals surface area contributed by atoms with E-state index in [-0.39, 0.29) is 11.9 Å². The molecule has 1 amide bonds. The van der Waals surface area contributed by atoms with Gasteiger partial charge in [-0.25, -0.2) is 4.99 Å². The smallest absolute Gasteiger partial charge is 0.239 e. The molecule has 0 fully saturated rings. The molecule has 9 heteroatoms. The third-order valence-electron chi connectivity index (χ3n) is 5.67. The van der Waals surface area contributed by atoms with Gasteiger partial charge in [-0.1, -0.05) is 17.7 Å². The number of aliphatic imine (C=N–C) groups is 1. The lowest BCUT2D eigenvalue weighted by molar-refractivity contribution is -0.130. The molecule has 0 bridgehead atoms. The number of aromatic nitrogens is 2. The summed E-state index contributed by atoms with van der Waals surface area (Å²) in [6.07, 6.45) is 1.64. The number of nitrogens with zero attached hydrogens (tertiary/aromatic N) is 4. The number of guanidine groups is 1. The van der Waals surface area contributed by atoms with Gasteiger partial charge in [0.2, 0.25) is 5.91 Å². The fourth-order valence-electron chi connectivity index (χ4n) is 3.96. The number of hydrogen-bond acceptors (Lipinski definition) is 7. The van der Waals surface area contributed by atoms with Crippen molar-refractivity contribution < 1.29 is 9.21 Å². The van der Waals surface area contributed by atoms with Crippen molar-refractivity contribution in [2.24, 2.45) is 10.7 Å². The summed E-state index contributed by atoms with van der Waals surface area (Å²) in [6, 6.07) is 13.1. The highest BCUT2D eigenvalue weighted by atomic mass is 35.5. The Kier molecular flexibility index (Phi) is 4.56. The molecule has 0 radical (unpaired) electrons. The predicted octanol–water partition coefficient (Wildman–Crippen LogP) is 4.39. The van der Waals surface area contributed by atoms with Crippen molar-refractivity contribution in [2.75, 3.05) is 7.05 Å². The number of thiophene rings is 1. The Bertz CT molecular complexity index is 1330. The maximum atomic E-state index is 13.4. The molecule has 0 saturated heterocycles. The van der Waals surface area contributed by atoms with Gasteiger partial charge < -0.3 is 10.2 Å². The second kappa shape index (κ2) is 7.18. The Labute approximate surface area is 187 Å². The number of likely N-dealkylation sites (N-methyl/N-ethyl adjacent to an activating group) is 1. The Balaban J connectivity index is 1.64.